The van der Waals surface area contributed by atoms with Crippen molar-refractivity contribution in [1.82, 2.24) is 0 Å². The van der Waals surface area contributed by atoms with Gasteiger partial charge < -0.3 is 0 Å². The molecule has 1 saturated carbocycles. The maximum Gasteiger partial charge on any atom is 0.0595 e. The van der Waals surface area contributed by atoms with Crippen LogP contribution in [-0.4, -0.2) is 5.38 Å². The second-order valence-electron chi connectivity index (χ2n) is 5.28. The Bertz CT molecular complexity index is 394. The number of hydrogen-bond acceptors (Lipinski definition) is 0. The fourth-order valence-corrected chi connectivity index (χ4v) is 3.33. The molecule has 0 amide bonds. The molecule has 1 unspecified atom stereocenters. The molecule has 1 aliphatic rings. The van der Waals surface area contributed by atoms with Crippen molar-refractivity contribution in [3.05, 3.63) is 33.8 Å². The summed E-state index contributed by atoms with van der Waals surface area (Å²) in [4.78, 5) is 0. The molecular weight excluding hydrogens is 275 g/mol. The number of rotatable bonds is 3. The van der Waals surface area contributed by atoms with Crippen molar-refractivity contribution in [3.63, 3.8) is 0 Å². The van der Waals surface area contributed by atoms with Crippen LogP contribution in [0.15, 0.2) is 18.2 Å². The second kappa shape index (κ2) is 5.38. The van der Waals surface area contributed by atoms with Gasteiger partial charge in [-0.05, 0) is 42.4 Å². The summed E-state index contributed by atoms with van der Waals surface area (Å²) in [5.41, 5.74) is 1.46. The zero-order valence-electron chi connectivity index (χ0n) is 9.98. The van der Waals surface area contributed by atoms with E-state index in [9.17, 15) is 0 Å². The quantitative estimate of drug-likeness (QED) is 0.624. The molecule has 94 valence electrons. The molecule has 0 N–H and O–H groups in total. The van der Waals surface area contributed by atoms with Crippen molar-refractivity contribution >= 4 is 34.8 Å². The molecule has 0 radical (unpaired) electrons. The molecular formula is C14H17Cl3. The van der Waals surface area contributed by atoms with Crippen molar-refractivity contribution in [2.75, 3.05) is 0 Å². The molecule has 1 aromatic carbocycles. The molecule has 1 fully saturated rings. The van der Waals surface area contributed by atoms with Crippen LogP contribution in [-0.2, 0) is 6.42 Å². The average Bonchev–Trinajstić information content (AvgIpc) is 2.72. The van der Waals surface area contributed by atoms with Crippen LogP contribution in [0.2, 0.25) is 10.0 Å². The first kappa shape index (κ1) is 13.5. The minimum atomic E-state index is 0.183. The zero-order valence-corrected chi connectivity index (χ0v) is 12.2. The van der Waals surface area contributed by atoms with Gasteiger partial charge in [0.05, 0.1) is 10.0 Å². The van der Waals surface area contributed by atoms with Gasteiger partial charge in [0, 0.05) is 5.38 Å². The van der Waals surface area contributed by atoms with Crippen LogP contribution in [0.5, 0.6) is 0 Å². The van der Waals surface area contributed by atoms with Crippen molar-refractivity contribution < 1.29 is 0 Å². The van der Waals surface area contributed by atoms with Crippen molar-refractivity contribution in [2.24, 2.45) is 5.41 Å². The molecule has 1 aromatic rings. The molecule has 0 heterocycles. The van der Waals surface area contributed by atoms with Crippen LogP contribution in [0.1, 0.15) is 38.2 Å². The van der Waals surface area contributed by atoms with Gasteiger partial charge in [-0.25, -0.2) is 0 Å². The van der Waals surface area contributed by atoms with Crippen molar-refractivity contribution in [1.29, 1.82) is 0 Å². The number of alkyl halides is 1. The Balaban J connectivity index is 2.07. The number of halogens is 3. The van der Waals surface area contributed by atoms with E-state index in [1.807, 2.05) is 18.2 Å². The molecule has 2 rings (SSSR count). The first-order valence-corrected chi connectivity index (χ1v) is 7.28. The van der Waals surface area contributed by atoms with E-state index < -0.39 is 0 Å². The second-order valence-corrected chi connectivity index (χ2v) is 6.62. The van der Waals surface area contributed by atoms with Gasteiger partial charge in [-0.15, -0.1) is 11.6 Å². The summed E-state index contributed by atoms with van der Waals surface area (Å²) in [6.07, 6.45) is 5.96. The Morgan fingerprint density at radius 3 is 2.41 bits per heavy atom. The summed E-state index contributed by atoms with van der Waals surface area (Å²) in [6, 6.07) is 5.79. The van der Waals surface area contributed by atoms with Gasteiger partial charge in [-0.3, -0.25) is 0 Å². The fourth-order valence-electron chi connectivity index (χ4n) is 2.62. The average molecular weight is 292 g/mol. The molecule has 0 nitrogen and oxygen atoms in total. The Hall–Kier alpha value is 0.0900. The standard InChI is InChI=1S/C14H17Cl3/c1-14(6-2-3-7-14)13(17)9-10-4-5-11(15)12(16)8-10/h4-5,8,13H,2-3,6-7,9H2,1H3. The van der Waals surface area contributed by atoms with Gasteiger partial charge >= 0.3 is 0 Å². The summed E-state index contributed by atoms with van der Waals surface area (Å²) in [5, 5.41) is 1.40. The molecule has 17 heavy (non-hydrogen) atoms. The third-order valence-corrected chi connectivity index (χ3v) is 5.32. The third kappa shape index (κ3) is 3.10. The van der Waals surface area contributed by atoms with Gasteiger partial charge in [0.25, 0.3) is 0 Å². The molecule has 3 heteroatoms. The van der Waals surface area contributed by atoms with Crippen molar-refractivity contribution in [3.8, 4) is 0 Å². The summed E-state index contributed by atoms with van der Waals surface area (Å²) >= 11 is 18.5. The van der Waals surface area contributed by atoms with E-state index in [0.717, 1.165) is 6.42 Å². The van der Waals surface area contributed by atoms with Crippen LogP contribution < -0.4 is 0 Å². The maximum atomic E-state index is 6.58. The molecule has 1 atom stereocenters. The lowest BCUT2D eigenvalue weighted by Gasteiger charge is -2.29. The lowest BCUT2D eigenvalue weighted by atomic mass is 9.82. The molecule has 0 aromatic heterocycles. The van der Waals surface area contributed by atoms with E-state index in [1.165, 1.54) is 31.2 Å². The van der Waals surface area contributed by atoms with E-state index in [2.05, 4.69) is 6.92 Å². The van der Waals surface area contributed by atoms with Crippen LogP contribution in [0, 0.1) is 5.41 Å². The van der Waals surface area contributed by atoms with E-state index in [-0.39, 0.29) is 10.8 Å². The zero-order chi connectivity index (χ0) is 12.5. The largest absolute Gasteiger partial charge is 0.122 e. The highest BCUT2D eigenvalue weighted by Gasteiger charge is 2.35. The van der Waals surface area contributed by atoms with E-state index in [1.54, 1.807) is 0 Å². The summed E-state index contributed by atoms with van der Waals surface area (Å²) < 4.78 is 0. The fraction of sp³-hybridized carbons (Fsp3) is 0.571. The van der Waals surface area contributed by atoms with Gasteiger partial charge in [-0.2, -0.15) is 0 Å². The normalized spacial score (nSPS) is 20.5. The first-order chi connectivity index (χ1) is 8.01. The highest BCUT2D eigenvalue weighted by Crippen LogP contribution is 2.44. The predicted octanol–water partition coefficient (Wildman–Crippen LogP) is 5.72. The summed E-state index contributed by atoms with van der Waals surface area (Å²) in [6.45, 7) is 2.30. The maximum absolute atomic E-state index is 6.58. The van der Waals surface area contributed by atoms with Crippen molar-refractivity contribution in [2.45, 2.75) is 44.4 Å². The molecule has 0 aliphatic heterocycles. The summed E-state index contributed by atoms with van der Waals surface area (Å²) in [7, 11) is 0. The Morgan fingerprint density at radius 1 is 1.18 bits per heavy atom. The van der Waals surface area contributed by atoms with Crippen LogP contribution in [0.3, 0.4) is 0 Å². The lowest BCUT2D eigenvalue weighted by Crippen LogP contribution is -2.26. The molecule has 0 saturated heterocycles. The number of hydrogen-bond donors (Lipinski definition) is 0. The van der Waals surface area contributed by atoms with Crippen LogP contribution >= 0.6 is 34.8 Å². The van der Waals surface area contributed by atoms with Crippen LogP contribution in [0.25, 0.3) is 0 Å². The first-order valence-electron chi connectivity index (χ1n) is 6.09. The Morgan fingerprint density at radius 2 is 1.82 bits per heavy atom. The van der Waals surface area contributed by atoms with Gasteiger partial charge in [-0.1, -0.05) is 49.0 Å². The highest BCUT2D eigenvalue weighted by molar-refractivity contribution is 6.42. The van der Waals surface area contributed by atoms with E-state index in [0.29, 0.717) is 10.0 Å². The minimum absolute atomic E-state index is 0.183. The number of benzene rings is 1. The molecule has 1 aliphatic carbocycles. The third-order valence-electron chi connectivity index (χ3n) is 3.90. The SMILES string of the molecule is CC1(C(Cl)Cc2ccc(Cl)c(Cl)c2)CCCC1. The van der Waals surface area contributed by atoms with E-state index in [4.69, 9.17) is 34.8 Å². The smallest absolute Gasteiger partial charge is 0.0595 e. The minimum Gasteiger partial charge on any atom is -0.122 e. The Kier molecular flexibility index (Phi) is 4.28. The summed E-state index contributed by atoms with van der Waals surface area (Å²) in [5.74, 6) is 0. The van der Waals surface area contributed by atoms with Gasteiger partial charge in [0.15, 0.2) is 0 Å². The van der Waals surface area contributed by atoms with Gasteiger partial charge in [0.1, 0.15) is 0 Å². The predicted molar refractivity (Wildman–Crippen MR) is 76.4 cm³/mol. The monoisotopic (exact) mass is 290 g/mol. The van der Waals surface area contributed by atoms with Gasteiger partial charge in [0.2, 0.25) is 0 Å². The highest BCUT2D eigenvalue weighted by atomic mass is 35.5. The Labute approximate surface area is 118 Å². The lowest BCUT2D eigenvalue weighted by molar-refractivity contribution is 0.316. The molecule has 0 bridgehead atoms. The van der Waals surface area contributed by atoms with Crippen LogP contribution in [0.4, 0.5) is 0 Å². The molecule has 0 spiro atoms. The topological polar surface area (TPSA) is 0 Å². The van der Waals surface area contributed by atoms with E-state index >= 15 is 0 Å².